The van der Waals surface area contributed by atoms with Gasteiger partial charge in [-0.05, 0) is 23.8 Å². The van der Waals surface area contributed by atoms with Crippen molar-refractivity contribution in [2.75, 3.05) is 5.75 Å². The summed E-state index contributed by atoms with van der Waals surface area (Å²) in [4.78, 5) is 14.2. The first kappa shape index (κ1) is 16.4. The summed E-state index contributed by atoms with van der Waals surface area (Å²) in [5, 5.41) is 1.12. The van der Waals surface area contributed by atoms with E-state index in [0.717, 1.165) is 11.0 Å². The molecule has 0 aromatic heterocycles. The fourth-order valence-corrected chi connectivity index (χ4v) is 3.96. The average molecular weight is 345 g/mol. The highest BCUT2D eigenvalue weighted by Gasteiger charge is 2.31. The number of nitrogens with zero attached hydrogens (tertiary/aromatic N) is 1. The SMILES string of the molecule is O=C(c1ccccc1F)N(Cc1ccccc1)C1C=CS(=O)(=O)C1. The molecule has 0 radical (unpaired) electrons. The molecule has 124 valence electrons. The number of carbonyl (C=O) groups is 1. The number of amides is 1. The third-order valence-electron chi connectivity index (χ3n) is 3.87. The molecule has 2 aromatic rings. The Kier molecular flexibility index (Phi) is 4.49. The second kappa shape index (κ2) is 6.57. The molecule has 0 bridgehead atoms. The molecular weight excluding hydrogens is 329 g/mol. The summed E-state index contributed by atoms with van der Waals surface area (Å²) in [6.07, 6.45) is 1.48. The van der Waals surface area contributed by atoms with Crippen LogP contribution in [0.4, 0.5) is 4.39 Å². The molecule has 0 N–H and O–H groups in total. The van der Waals surface area contributed by atoms with Crippen LogP contribution in [0.1, 0.15) is 15.9 Å². The van der Waals surface area contributed by atoms with Crippen LogP contribution in [0.2, 0.25) is 0 Å². The van der Waals surface area contributed by atoms with E-state index >= 15 is 0 Å². The van der Waals surface area contributed by atoms with Gasteiger partial charge in [-0.25, -0.2) is 12.8 Å². The summed E-state index contributed by atoms with van der Waals surface area (Å²) < 4.78 is 37.4. The number of halogens is 1. The fourth-order valence-electron chi connectivity index (χ4n) is 2.66. The first-order valence-electron chi connectivity index (χ1n) is 7.47. The van der Waals surface area contributed by atoms with Gasteiger partial charge in [0.05, 0.1) is 17.4 Å². The van der Waals surface area contributed by atoms with Crippen LogP contribution in [0.5, 0.6) is 0 Å². The average Bonchev–Trinajstić information content (AvgIpc) is 2.93. The fraction of sp³-hybridized carbons (Fsp3) is 0.167. The van der Waals surface area contributed by atoms with Gasteiger partial charge in [0.2, 0.25) is 0 Å². The van der Waals surface area contributed by atoms with Crippen LogP contribution in [0.25, 0.3) is 0 Å². The van der Waals surface area contributed by atoms with Gasteiger partial charge >= 0.3 is 0 Å². The van der Waals surface area contributed by atoms with Gasteiger partial charge in [-0.3, -0.25) is 4.79 Å². The van der Waals surface area contributed by atoms with Crippen LogP contribution in [0, 0.1) is 5.82 Å². The normalized spacial score (nSPS) is 18.5. The highest BCUT2D eigenvalue weighted by molar-refractivity contribution is 7.94. The van der Waals surface area contributed by atoms with Crippen LogP contribution in [-0.2, 0) is 16.4 Å². The van der Waals surface area contributed by atoms with Crippen molar-refractivity contribution in [3.8, 4) is 0 Å². The van der Waals surface area contributed by atoms with Crippen molar-refractivity contribution in [2.24, 2.45) is 0 Å². The summed E-state index contributed by atoms with van der Waals surface area (Å²) in [5.74, 6) is -1.32. The first-order valence-corrected chi connectivity index (χ1v) is 9.18. The van der Waals surface area contributed by atoms with E-state index in [1.165, 1.54) is 29.2 Å². The molecule has 0 fully saturated rings. The van der Waals surface area contributed by atoms with Crippen molar-refractivity contribution in [3.63, 3.8) is 0 Å². The van der Waals surface area contributed by atoms with E-state index in [1.807, 2.05) is 30.3 Å². The van der Waals surface area contributed by atoms with Crippen molar-refractivity contribution in [2.45, 2.75) is 12.6 Å². The Balaban J connectivity index is 1.94. The quantitative estimate of drug-likeness (QED) is 0.856. The zero-order valence-corrected chi connectivity index (χ0v) is 13.6. The summed E-state index contributed by atoms with van der Waals surface area (Å²) in [5.41, 5.74) is 0.783. The number of sulfone groups is 1. The third-order valence-corrected chi connectivity index (χ3v) is 5.25. The van der Waals surface area contributed by atoms with Crippen LogP contribution >= 0.6 is 0 Å². The van der Waals surface area contributed by atoms with Gasteiger partial charge in [0.25, 0.3) is 5.91 Å². The number of benzene rings is 2. The number of rotatable bonds is 4. The van der Waals surface area contributed by atoms with Crippen molar-refractivity contribution in [1.82, 2.24) is 4.90 Å². The maximum atomic E-state index is 14.0. The Hall–Kier alpha value is -2.47. The van der Waals surface area contributed by atoms with E-state index in [0.29, 0.717) is 0 Å². The molecule has 1 amide bonds. The Morgan fingerprint density at radius 1 is 1.08 bits per heavy atom. The van der Waals surface area contributed by atoms with Crippen molar-refractivity contribution in [3.05, 3.63) is 83.0 Å². The number of hydrogen-bond donors (Lipinski definition) is 0. The molecule has 4 nitrogen and oxygen atoms in total. The maximum absolute atomic E-state index is 14.0. The largest absolute Gasteiger partial charge is 0.327 e. The highest BCUT2D eigenvalue weighted by Crippen LogP contribution is 2.21. The lowest BCUT2D eigenvalue weighted by Gasteiger charge is -2.28. The molecule has 24 heavy (non-hydrogen) atoms. The summed E-state index contributed by atoms with van der Waals surface area (Å²) in [6, 6.07) is 14.3. The maximum Gasteiger partial charge on any atom is 0.257 e. The van der Waals surface area contributed by atoms with E-state index < -0.39 is 27.6 Å². The molecule has 1 atom stereocenters. The van der Waals surface area contributed by atoms with Crippen LogP contribution < -0.4 is 0 Å². The summed E-state index contributed by atoms with van der Waals surface area (Å²) in [6.45, 7) is 0.207. The molecule has 0 aliphatic carbocycles. The lowest BCUT2D eigenvalue weighted by Crippen LogP contribution is -2.40. The highest BCUT2D eigenvalue weighted by atomic mass is 32.2. The van der Waals surface area contributed by atoms with Gasteiger partial charge in [-0.15, -0.1) is 0 Å². The van der Waals surface area contributed by atoms with Crippen LogP contribution in [0.3, 0.4) is 0 Å². The Morgan fingerprint density at radius 2 is 1.75 bits per heavy atom. The zero-order valence-electron chi connectivity index (χ0n) is 12.8. The minimum atomic E-state index is -3.33. The van der Waals surface area contributed by atoms with E-state index in [4.69, 9.17) is 0 Å². The smallest absolute Gasteiger partial charge is 0.257 e. The first-order chi connectivity index (χ1) is 11.5. The topological polar surface area (TPSA) is 54.5 Å². The summed E-state index contributed by atoms with van der Waals surface area (Å²) >= 11 is 0. The van der Waals surface area contributed by atoms with Gasteiger partial charge in [-0.2, -0.15) is 0 Å². The Bertz CT molecular complexity index is 878. The predicted molar refractivity (Wildman–Crippen MR) is 89.4 cm³/mol. The van der Waals surface area contributed by atoms with Gasteiger partial charge in [0.15, 0.2) is 9.84 Å². The summed E-state index contributed by atoms with van der Waals surface area (Å²) in [7, 11) is -3.33. The van der Waals surface area contributed by atoms with Gasteiger partial charge in [0.1, 0.15) is 5.82 Å². The predicted octanol–water partition coefficient (Wildman–Crippen LogP) is 2.78. The molecule has 3 rings (SSSR count). The van der Waals surface area contributed by atoms with E-state index in [2.05, 4.69) is 0 Å². The molecule has 2 aromatic carbocycles. The molecule has 1 heterocycles. The Labute approximate surface area is 140 Å². The molecule has 0 saturated carbocycles. The molecule has 0 spiro atoms. The van der Waals surface area contributed by atoms with Crippen molar-refractivity contribution in [1.29, 1.82) is 0 Å². The van der Waals surface area contributed by atoms with Gasteiger partial charge in [0, 0.05) is 12.0 Å². The molecule has 6 heteroatoms. The van der Waals surface area contributed by atoms with E-state index in [1.54, 1.807) is 6.07 Å². The van der Waals surface area contributed by atoms with E-state index in [9.17, 15) is 17.6 Å². The van der Waals surface area contributed by atoms with Crippen molar-refractivity contribution < 1.29 is 17.6 Å². The molecule has 1 aliphatic heterocycles. The van der Waals surface area contributed by atoms with Crippen molar-refractivity contribution >= 4 is 15.7 Å². The van der Waals surface area contributed by atoms with Gasteiger partial charge in [-0.1, -0.05) is 42.5 Å². The third kappa shape index (κ3) is 3.54. The molecule has 1 unspecified atom stereocenters. The lowest BCUT2D eigenvalue weighted by molar-refractivity contribution is 0.0708. The minimum absolute atomic E-state index is 0.0638. The van der Waals surface area contributed by atoms with Crippen LogP contribution in [0.15, 0.2) is 66.1 Å². The lowest BCUT2D eigenvalue weighted by atomic mass is 10.1. The standard InChI is InChI=1S/C18H16FNO3S/c19-17-9-5-4-8-16(17)18(21)20(12-14-6-2-1-3-7-14)15-10-11-24(22,23)13-15/h1-11,15H,12-13H2. The zero-order chi connectivity index (χ0) is 17.2. The van der Waals surface area contributed by atoms with Crippen LogP contribution in [-0.4, -0.2) is 31.0 Å². The number of hydrogen-bond acceptors (Lipinski definition) is 3. The molecular formula is C18H16FNO3S. The molecule has 0 saturated heterocycles. The van der Waals surface area contributed by atoms with E-state index in [-0.39, 0.29) is 17.9 Å². The molecule has 1 aliphatic rings. The monoisotopic (exact) mass is 345 g/mol. The minimum Gasteiger partial charge on any atom is -0.327 e. The second-order valence-corrected chi connectivity index (χ2v) is 7.56. The second-order valence-electron chi connectivity index (χ2n) is 5.62. The number of carbonyl (C=O) groups excluding carboxylic acids is 1. The Morgan fingerprint density at radius 3 is 2.38 bits per heavy atom. The van der Waals surface area contributed by atoms with Gasteiger partial charge < -0.3 is 4.90 Å².